The van der Waals surface area contributed by atoms with Crippen LogP contribution in [0.4, 0.5) is 0 Å². The summed E-state index contributed by atoms with van der Waals surface area (Å²) in [4.78, 5) is 18.5. The molecule has 0 saturated heterocycles. The maximum absolute atomic E-state index is 11.8. The van der Waals surface area contributed by atoms with Gasteiger partial charge in [-0.15, -0.1) is 0 Å². The monoisotopic (exact) mass is 437 g/mol. The first kappa shape index (κ1) is 22.8. The summed E-state index contributed by atoms with van der Waals surface area (Å²) in [5.41, 5.74) is 11.2. The number of nitrogens with zero attached hydrogens (tertiary/aromatic N) is 2. The van der Waals surface area contributed by atoms with Gasteiger partial charge in [-0.3, -0.25) is 4.79 Å². The van der Waals surface area contributed by atoms with E-state index >= 15 is 0 Å². The third-order valence-electron chi connectivity index (χ3n) is 5.08. The van der Waals surface area contributed by atoms with Crippen LogP contribution in [0.15, 0.2) is 48.5 Å². The molecule has 3 rings (SSSR count). The second-order valence-corrected chi connectivity index (χ2v) is 8.26. The Hall–Kier alpha value is -2.89. The number of aromatic nitrogens is 1. The number of rotatable bonds is 8. The zero-order valence-electron chi connectivity index (χ0n) is 18.4. The Balaban J connectivity index is 2.09. The van der Waals surface area contributed by atoms with Crippen LogP contribution in [0.25, 0.3) is 22.4 Å². The number of halogens is 1. The number of primary amides is 1. The molecule has 5 nitrogen and oxygen atoms in total. The summed E-state index contributed by atoms with van der Waals surface area (Å²) in [6.45, 7) is 5.47. The van der Waals surface area contributed by atoms with Crippen molar-refractivity contribution >= 4 is 17.5 Å². The fourth-order valence-electron chi connectivity index (χ4n) is 3.45. The molecule has 0 aliphatic heterocycles. The van der Waals surface area contributed by atoms with Crippen LogP contribution in [0.2, 0.25) is 5.02 Å². The standard InChI is InChI=1S/C25H28ClN3O2/c1-16-8-5-6-9-19(16)20-10-11-21(25(27)30)28-24(20)18-14-17(2)23(26)22(15-18)31-13-7-12-29(3)4/h5-6,8-11,14-15H,7,12-13H2,1-4H3,(H2,27,30). The van der Waals surface area contributed by atoms with Gasteiger partial charge in [0.25, 0.3) is 5.91 Å². The summed E-state index contributed by atoms with van der Waals surface area (Å²) >= 11 is 6.53. The van der Waals surface area contributed by atoms with Crippen molar-refractivity contribution in [2.75, 3.05) is 27.2 Å². The predicted octanol–water partition coefficient (Wildman–Crippen LogP) is 5.12. The molecule has 0 fully saturated rings. The molecule has 0 bridgehead atoms. The molecule has 6 heteroatoms. The van der Waals surface area contributed by atoms with Crippen LogP contribution in [0, 0.1) is 13.8 Å². The molecule has 162 valence electrons. The van der Waals surface area contributed by atoms with Gasteiger partial charge in [-0.25, -0.2) is 4.98 Å². The molecule has 3 aromatic rings. The zero-order chi connectivity index (χ0) is 22.5. The molecule has 0 aliphatic rings. The van der Waals surface area contributed by atoms with Gasteiger partial charge in [0.15, 0.2) is 0 Å². The molecule has 0 unspecified atom stereocenters. The second kappa shape index (κ2) is 9.94. The number of carbonyl (C=O) groups excluding carboxylic acids is 1. The summed E-state index contributed by atoms with van der Waals surface area (Å²) in [5.74, 6) is 0.0425. The molecule has 1 heterocycles. The molecular formula is C25H28ClN3O2. The van der Waals surface area contributed by atoms with E-state index in [1.165, 1.54) is 0 Å². The van der Waals surface area contributed by atoms with E-state index in [1.54, 1.807) is 6.07 Å². The molecule has 1 aromatic heterocycles. The molecule has 0 saturated carbocycles. The number of ether oxygens (including phenoxy) is 1. The van der Waals surface area contributed by atoms with Crippen molar-refractivity contribution in [1.82, 2.24) is 9.88 Å². The number of hydrogen-bond donors (Lipinski definition) is 1. The molecular weight excluding hydrogens is 410 g/mol. The van der Waals surface area contributed by atoms with Crippen molar-refractivity contribution in [3.8, 4) is 28.1 Å². The topological polar surface area (TPSA) is 68.5 Å². The summed E-state index contributed by atoms with van der Waals surface area (Å²) < 4.78 is 6.00. The predicted molar refractivity (Wildman–Crippen MR) is 127 cm³/mol. The number of benzene rings is 2. The van der Waals surface area contributed by atoms with Crippen molar-refractivity contribution in [3.05, 3.63) is 70.4 Å². The van der Waals surface area contributed by atoms with E-state index in [-0.39, 0.29) is 5.69 Å². The molecule has 0 aliphatic carbocycles. The van der Waals surface area contributed by atoms with E-state index in [2.05, 4.69) is 9.88 Å². The Labute approximate surface area is 188 Å². The second-order valence-electron chi connectivity index (χ2n) is 7.88. The fraction of sp³-hybridized carbons (Fsp3) is 0.280. The van der Waals surface area contributed by atoms with E-state index < -0.39 is 5.91 Å². The van der Waals surface area contributed by atoms with E-state index in [9.17, 15) is 4.79 Å². The van der Waals surface area contributed by atoms with Crippen LogP contribution in [0.1, 0.15) is 28.0 Å². The van der Waals surface area contributed by atoms with Gasteiger partial charge in [-0.1, -0.05) is 35.9 Å². The van der Waals surface area contributed by atoms with Crippen molar-refractivity contribution in [1.29, 1.82) is 0 Å². The maximum atomic E-state index is 11.8. The third-order valence-corrected chi connectivity index (χ3v) is 5.57. The van der Waals surface area contributed by atoms with Crippen LogP contribution in [-0.4, -0.2) is 43.0 Å². The Morgan fingerprint density at radius 1 is 1.06 bits per heavy atom. The minimum absolute atomic E-state index is 0.216. The summed E-state index contributed by atoms with van der Waals surface area (Å²) in [6, 6.07) is 15.5. The number of carbonyl (C=O) groups is 1. The smallest absolute Gasteiger partial charge is 0.267 e. The molecule has 0 atom stereocenters. The first-order valence-electron chi connectivity index (χ1n) is 10.2. The van der Waals surface area contributed by atoms with Crippen LogP contribution < -0.4 is 10.5 Å². The fourth-order valence-corrected chi connectivity index (χ4v) is 3.61. The first-order chi connectivity index (χ1) is 14.8. The summed E-state index contributed by atoms with van der Waals surface area (Å²) in [5, 5.41) is 0.581. The van der Waals surface area contributed by atoms with Gasteiger partial charge in [-0.05, 0) is 75.3 Å². The van der Waals surface area contributed by atoms with Gasteiger partial charge in [0, 0.05) is 17.7 Å². The number of pyridine rings is 1. The number of nitrogens with two attached hydrogens (primary N) is 1. The minimum atomic E-state index is -0.566. The highest BCUT2D eigenvalue weighted by Crippen LogP contribution is 2.38. The van der Waals surface area contributed by atoms with Crippen molar-refractivity contribution in [2.24, 2.45) is 5.73 Å². The van der Waals surface area contributed by atoms with Gasteiger partial charge in [0.05, 0.1) is 17.3 Å². The van der Waals surface area contributed by atoms with Gasteiger partial charge < -0.3 is 15.4 Å². The lowest BCUT2D eigenvalue weighted by atomic mass is 9.95. The quantitative estimate of drug-likeness (QED) is 0.497. The number of hydrogen-bond acceptors (Lipinski definition) is 4. The molecule has 1 amide bonds. The third kappa shape index (κ3) is 5.43. The Bertz CT molecular complexity index is 1100. The normalized spacial score (nSPS) is 11.0. The number of amides is 1. The van der Waals surface area contributed by atoms with Gasteiger partial charge >= 0.3 is 0 Å². The van der Waals surface area contributed by atoms with Crippen molar-refractivity contribution in [3.63, 3.8) is 0 Å². The van der Waals surface area contributed by atoms with Crippen LogP contribution in [-0.2, 0) is 0 Å². The molecule has 0 spiro atoms. The van der Waals surface area contributed by atoms with Gasteiger partial charge in [-0.2, -0.15) is 0 Å². The van der Waals surface area contributed by atoms with E-state index in [4.69, 9.17) is 22.1 Å². The lowest BCUT2D eigenvalue weighted by Crippen LogP contribution is -2.15. The Kier molecular flexibility index (Phi) is 7.31. The highest BCUT2D eigenvalue weighted by atomic mass is 35.5. The lowest BCUT2D eigenvalue weighted by Gasteiger charge is -2.16. The SMILES string of the molecule is Cc1ccccc1-c1ccc(C(N)=O)nc1-c1cc(C)c(Cl)c(OCCCN(C)C)c1. The zero-order valence-corrected chi connectivity index (χ0v) is 19.2. The largest absolute Gasteiger partial charge is 0.492 e. The average Bonchev–Trinajstić information content (AvgIpc) is 2.73. The first-order valence-corrected chi connectivity index (χ1v) is 10.6. The van der Waals surface area contributed by atoms with E-state index in [1.807, 2.05) is 70.4 Å². The van der Waals surface area contributed by atoms with Crippen LogP contribution in [0.5, 0.6) is 5.75 Å². The molecule has 2 aromatic carbocycles. The average molecular weight is 438 g/mol. The van der Waals surface area contributed by atoms with Crippen LogP contribution >= 0.6 is 11.6 Å². The minimum Gasteiger partial charge on any atom is -0.492 e. The molecule has 2 N–H and O–H groups in total. The van der Waals surface area contributed by atoms with Crippen LogP contribution in [0.3, 0.4) is 0 Å². The lowest BCUT2D eigenvalue weighted by molar-refractivity contribution is 0.0995. The van der Waals surface area contributed by atoms with Gasteiger partial charge in [0.2, 0.25) is 0 Å². The van der Waals surface area contributed by atoms with Crippen molar-refractivity contribution in [2.45, 2.75) is 20.3 Å². The van der Waals surface area contributed by atoms with Gasteiger partial charge in [0.1, 0.15) is 11.4 Å². The summed E-state index contributed by atoms with van der Waals surface area (Å²) in [6.07, 6.45) is 0.885. The maximum Gasteiger partial charge on any atom is 0.267 e. The van der Waals surface area contributed by atoms with Crippen molar-refractivity contribution < 1.29 is 9.53 Å². The Morgan fingerprint density at radius 3 is 2.48 bits per heavy atom. The molecule has 31 heavy (non-hydrogen) atoms. The number of aryl methyl sites for hydroxylation is 2. The highest BCUT2D eigenvalue weighted by molar-refractivity contribution is 6.33. The Morgan fingerprint density at radius 2 is 1.81 bits per heavy atom. The van der Waals surface area contributed by atoms with E-state index in [0.717, 1.165) is 40.8 Å². The van der Waals surface area contributed by atoms with E-state index in [0.29, 0.717) is 23.1 Å². The molecule has 0 radical (unpaired) electrons. The summed E-state index contributed by atoms with van der Waals surface area (Å²) in [7, 11) is 4.06. The highest BCUT2D eigenvalue weighted by Gasteiger charge is 2.17.